The minimum Gasteiger partial charge on any atom is -0.497 e. The molecule has 4 nitrogen and oxygen atoms in total. The summed E-state index contributed by atoms with van der Waals surface area (Å²) < 4.78 is 7.22. The molecule has 2 aromatic rings. The molecule has 4 heteroatoms. The van der Waals surface area contributed by atoms with Crippen molar-refractivity contribution in [2.24, 2.45) is 24.3 Å². The fraction of sp³-hybridized carbons (Fsp3) is 0.500. The number of ketones is 1. The Morgan fingerprint density at radius 2 is 2.18 bits per heavy atom. The number of rotatable bonds is 2. The predicted octanol–water partition coefficient (Wildman–Crippen LogP) is 4.55. The molecule has 0 saturated heterocycles. The lowest BCUT2D eigenvalue weighted by molar-refractivity contribution is -0.127. The first-order valence-corrected chi connectivity index (χ1v) is 10.4. The molecule has 28 heavy (non-hydrogen) atoms. The van der Waals surface area contributed by atoms with Gasteiger partial charge in [-0.05, 0) is 84.8 Å². The van der Waals surface area contributed by atoms with E-state index in [4.69, 9.17) is 4.74 Å². The molecule has 1 aromatic heterocycles. The molecule has 0 radical (unpaired) electrons. The van der Waals surface area contributed by atoms with E-state index in [-0.39, 0.29) is 5.41 Å². The van der Waals surface area contributed by atoms with Gasteiger partial charge in [0.05, 0.1) is 13.3 Å². The Kier molecular flexibility index (Phi) is 4.01. The fourth-order valence-electron chi connectivity index (χ4n) is 6.20. The Hall–Kier alpha value is -2.36. The van der Waals surface area contributed by atoms with Crippen LogP contribution in [0.3, 0.4) is 0 Å². The lowest BCUT2D eigenvalue weighted by atomic mass is 9.55. The molecule has 3 aliphatic rings. The summed E-state index contributed by atoms with van der Waals surface area (Å²) in [6, 6.07) is 6.59. The molecular formula is C24H28N2O2. The van der Waals surface area contributed by atoms with Crippen molar-refractivity contribution in [3.63, 3.8) is 0 Å². The third kappa shape index (κ3) is 2.57. The number of carbonyl (C=O) groups excluding carboxylic acids is 1. The third-order valence-electron chi connectivity index (χ3n) is 7.64. The fourth-order valence-corrected chi connectivity index (χ4v) is 6.20. The number of nitrogens with zero attached hydrogens (tertiary/aromatic N) is 2. The van der Waals surface area contributed by atoms with E-state index >= 15 is 0 Å². The van der Waals surface area contributed by atoms with Crippen molar-refractivity contribution in [1.29, 1.82) is 0 Å². The van der Waals surface area contributed by atoms with E-state index in [1.54, 1.807) is 11.8 Å². The Bertz CT molecular complexity index is 973. The number of fused-ring (bicyclic) bond motifs is 5. The SMILES string of the molecule is COc1ccc2c(c1)CCC1C2CCC2(C)C(=O)C(=Cc3cnn(C)c3)CC12. The largest absolute Gasteiger partial charge is 0.497 e. The summed E-state index contributed by atoms with van der Waals surface area (Å²) in [5.74, 6) is 2.97. The van der Waals surface area contributed by atoms with Crippen molar-refractivity contribution in [2.75, 3.05) is 7.11 Å². The van der Waals surface area contributed by atoms with Gasteiger partial charge in [0.25, 0.3) is 0 Å². The van der Waals surface area contributed by atoms with Crippen LogP contribution >= 0.6 is 0 Å². The monoisotopic (exact) mass is 376 g/mol. The molecule has 3 aliphatic carbocycles. The molecular weight excluding hydrogens is 348 g/mol. The number of methoxy groups -OCH3 is 1. The van der Waals surface area contributed by atoms with E-state index in [1.165, 1.54) is 17.5 Å². The summed E-state index contributed by atoms with van der Waals surface area (Å²) in [5.41, 5.74) is 4.78. The van der Waals surface area contributed by atoms with E-state index in [9.17, 15) is 4.79 Å². The summed E-state index contributed by atoms with van der Waals surface area (Å²) in [6.45, 7) is 2.23. The normalized spacial score (nSPS) is 32.8. The molecule has 0 amide bonds. The highest BCUT2D eigenvalue weighted by molar-refractivity contribution is 6.05. The molecule has 1 aromatic carbocycles. The quantitative estimate of drug-likeness (QED) is 0.723. The minimum atomic E-state index is -0.195. The Morgan fingerprint density at radius 1 is 1.32 bits per heavy atom. The molecule has 0 bridgehead atoms. The molecule has 4 unspecified atom stereocenters. The van der Waals surface area contributed by atoms with Crippen molar-refractivity contribution in [3.8, 4) is 5.75 Å². The lowest BCUT2D eigenvalue weighted by Crippen LogP contribution is -2.42. The van der Waals surface area contributed by atoms with Gasteiger partial charge in [0.1, 0.15) is 5.75 Å². The number of hydrogen-bond acceptors (Lipinski definition) is 3. The maximum absolute atomic E-state index is 13.4. The van der Waals surface area contributed by atoms with Crippen LogP contribution in [-0.4, -0.2) is 22.7 Å². The summed E-state index contributed by atoms with van der Waals surface area (Å²) >= 11 is 0. The average molecular weight is 377 g/mol. The molecule has 2 saturated carbocycles. The lowest BCUT2D eigenvalue weighted by Gasteiger charge is -2.48. The maximum atomic E-state index is 13.4. The maximum Gasteiger partial charge on any atom is 0.165 e. The Balaban J connectivity index is 1.48. The number of benzene rings is 1. The van der Waals surface area contributed by atoms with Gasteiger partial charge in [-0.3, -0.25) is 9.48 Å². The highest BCUT2D eigenvalue weighted by Crippen LogP contribution is 2.60. The van der Waals surface area contributed by atoms with Crippen LogP contribution in [0.15, 0.2) is 36.2 Å². The van der Waals surface area contributed by atoms with Gasteiger partial charge >= 0.3 is 0 Å². The van der Waals surface area contributed by atoms with Gasteiger partial charge in [0.2, 0.25) is 0 Å². The van der Waals surface area contributed by atoms with E-state index in [0.29, 0.717) is 23.5 Å². The van der Waals surface area contributed by atoms with Crippen molar-refractivity contribution in [1.82, 2.24) is 9.78 Å². The van der Waals surface area contributed by atoms with Gasteiger partial charge in [0, 0.05) is 24.2 Å². The van der Waals surface area contributed by atoms with Crippen LogP contribution in [0.25, 0.3) is 6.08 Å². The third-order valence-corrected chi connectivity index (χ3v) is 7.64. The molecule has 0 aliphatic heterocycles. The van der Waals surface area contributed by atoms with Gasteiger partial charge in [-0.2, -0.15) is 5.10 Å². The summed E-state index contributed by atoms with van der Waals surface area (Å²) in [5, 5.41) is 4.25. The van der Waals surface area contributed by atoms with E-state index in [0.717, 1.165) is 42.6 Å². The minimum absolute atomic E-state index is 0.195. The molecule has 2 fully saturated rings. The van der Waals surface area contributed by atoms with Crippen LogP contribution in [0.4, 0.5) is 0 Å². The van der Waals surface area contributed by atoms with E-state index in [1.807, 2.05) is 19.4 Å². The van der Waals surface area contributed by atoms with E-state index < -0.39 is 0 Å². The zero-order valence-electron chi connectivity index (χ0n) is 16.9. The molecule has 5 rings (SSSR count). The zero-order valence-corrected chi connectivity index (χ0v) is 16.9. The summed E-state index contributed by atoms with van der Waals surface area (Å²) in [6.07, 6.45) is 11.2. The van der Waals surface area contributed by atoms with Crippen LogP contribution in [0.2, 0.25) is 0 Å². The number of aryl methyl sites for hydroxylation is 2. The van der Waals surface area contributed by atoms with Gasteiger partial charge < -0.3 is 4.74 Å². The summed E-state index contributed by atoms with van der Waals surface area (Å²) in [7, 11) is 3.65. The molecule has 0 N–H and O–H groups in total. The Morgan fingerprint density at radius 3 is 2.93 bits per heavy atom. The summed E-state index contributed by atoms with van der Waals surface area (Å²) in [4.78, 5) is 13.4. The van der Waals surface area contributed by atoms with Crippen molar-refractivity contribution in [3.05, 3.63) is 52.9 Å². The van der Waals surface area contributed by atoms with Crippen LogP contribution in [0.1, 0.15) is 55.2 Å². The first-order valence-electron chi connectivity index (χ1n) is 10.4. The number of aromatic nitrogens is 2. The molecule has 146 valence electrons. The second kappa shape index (κ2) is 6.33. The molecule has 4 atom stereocenters. The number of ether oxygens (including phenoxy) is 1. The second-order valence-electron chi connectivity index (χ2n) is 9.09. The van der Waals surface area contributed by atoms with E-state index in [2.05, 4.69) is 36.3 Å². The molecule has 1 heterocycles. The van der Waals surface area contributed by atoms with Crippen molar-refractivity contribution >= 4 is 11.9 Å². The average Bonchev–Trinajstić information content (AvgIpc) is 3.22. The molecule has 0 spiro atoms. The standard InChI is InChI=1S/C24H28N2O2/c1-24-9-8-20-19-7-5-18(28-3)11-16(19)4-6-21(20)22(24)12-17(23(24)27)10-15-13-25-26(2)14-15/h5,7,10-11,13-14,20-22H,4,6,8-9,12H2,1-3H3. The van der Waals surface area contributed by atoms with Crippen LogP contribution in [-0.2, 0) is 18.3 Å². The predicted molar refractivity (Wildman–Crippen MR) is 109 cm³/mol. The number of allylic oxidation sites excluding steroid dienone is 1. The smallest absolute Gasteiger partial charge is 0.165 e. The van der Waals surface area contributed by atoms with Crippen LogP contribution < -0.4 is 4.74 Å². The number of carbonyl (C=O) groups is 1. The second-order valence-corrected chi connectivity index (χ2v) is 9.09. The van der Waals surface area contributed by atoms with Crippen molar-refractivity contribution < 1.29 is 9.53 Å². The highest BCUT2D eigenvalue weighted by atomic mass is 16.5. The number of hydrogen-bond donors (Lipinski definition) is 0. The van der Waals surface area contributed by atoms with Gasteiger partial charge in [-0.25, -0.2) is 0 Å². The topological polar surface area (TPSA) is 44.1 Å². The first-order chi connectivity index (χ1) is 13.5. The van der Waals surface area contributed by atoms with Crippen LogP contribution in [0.5, 0.6) is 5.75 Å². The van der Waals surface area contributed by atoms with Gasteiger partial charge in [-0.1, -0.05) is 13.0 Å². The Labute approximate surface area is 166 Å². The van der Waals surface area contributed by atoms with Gasteiger partial charge in [-0.15, -0.1) is 0 Å². The number of Topliss-reactive ketones (excluding diaryl/α,β-unsaturated/α-hetero) is 1. The zero-order chi connectivity index (χ0) is 19.5. The van der Waals surface area contributed by atoms with Crippen molar-refractivity contribution in [2.45, 2.75) is 44.9 Å². The first kappa shape index (κ1) is 17.7. The van der Waals surface area contributed by atoms with Gasteiger partial charge in [0.15, 0.2) is 5.78 Å². The van der Waals surface area contributed by atoms with Crippen LogP contribution in [0, 0.1) is 17.3 Å². The highest BCUT2D eigenvalue weighted by Gasteiger charge is 2.56.